The van der Waals surface area contributed by atoms with Crippen LogP contribution in [0.3, 0.4) is 0 Å². The number of nitrogens with zero attached hydrogens (tertiary/aromatic N) is 1. The minimum absolute atomic E-state index is 0.0491. The maximum absolute atomic E-state index is 11.9. The van der Waals surface area contributed by atoms with Crippen molar-refractivity contribution in [1.29, 1.82) is 0 Å². The van der Waals surface area contributed by atoms with Gasteiger partial charge in [0, 0.05) is 26.1 Å². The number of likely N-dealkylation sites (tertiary alicyclic amines) is 1. The first-order valence-corrected chi connectivity index (χ1v) is 6.60. The Bertz CT molecular complexity index is 388. The monoisotopic (exact) mass is 269 g/mol. The summed E-state index contributed by atoms with van der Waals surface area (Å²) in [5, 5.41) is 13.6. The largest absolute Gasteiger partial charge is 0.396 e. The van der Waals surface area contributed by atoms with Gasteiger partial charge >= 0.3 is 6.03 Å². The summed E-state index contributed by atoms with van der Waals surface area (Å²) in [5.74, 6) is -0.238. The summed E-state index contributed by atoms with van der Waals surface area (Å²) >= 11 is 0. The molecule has 7 heteroatoms. The molecule has 2 fully saturated rings. The van der Waals surface area contributed by atoms with Crippen LogP contribution in [0.5, 0.6) is 0 Å². The van der Waals surface area contributed by atoms with Crippen molar-refractivity contribution in [3.63, 3.8) is 0 Å². The molecule has 7 nitrogen and oxygen atoms in total. The number of hydrogen-bond acceptors (Lipinski definition) is 4. The third-order valence-corrected chi connectivity index (χ3v) is 3.78. The first kappa shape index (κ1) is 13.8. The second-order valence-corrected chi connectivity index (χ2v) is 5.05. The zero-order valence-corrected chi connectivity index (χ0v) is 10.8. The highest BCUT2D eigenvalue weighted by Crippen LogP contribution is 2.25. The minimum atomic E-state index is -0.820. The van der Waals surface area contributed by atoms with Gasteiger partial charge in [-0.25, -0.2) is 4.79 Å². The van der Waals surface area contributed by atoms with E-state index in [0.717, 1.165) is 0 Å². The Kier molecular flexibility index (Phi) is 4.04. The molecule has 3 N–H and O–H groups in total. The number of unbranched alkanes of at least 4 members (excludes halogenated alkanes) is 1. The number of imide groups is 1. The quantitative estimate of drug-likeness (QED) is 0.466. The number of rotatable bonds is 4. The number of piperidine rings is 1. The number of aliphatic hydroxyl groups excluding tert-OH is 1. The van der Waals surface area contributed by atoms with Gasteiger partial charge in [0.25, 0.3) is 5.91 Å². The van der Waals surface area contributed by atoms with Crippen LogP contribution in [0.1, 0.15) is 32.1 Å². The van der Waals surface area contributed by atoms with E-state index in [1.165, 1.54) is 0 Å². The molecule has 0 aromatic rings. The van der Waals surface area contributed by atoms with Gasteiger partial charge in [-0.1, -0.05) is 0 Å². The van der Waals surface area contributed by atoms with Crippen molar-refractivity contribution >= 4 is 17.8 Å². The molecule has 2 rings (SSSR count). The lowest BCUT2D eigenvalue weighted by molar-refractivity contribution is -0.135. The molecule has 0 atom stereocenters. The topological polar surface area (TPSA) is 98.7 Å². The van der Waals surface area contributed by atoms with Crippen molar-refractivity contribution in [2.45, 2.75) is 37.6 Å². The molecule has 0 radical (unpaired) electrons. The number of hydrogen-bond donors (Lipinski definition) is 3. The van der Waals surface area contributed by atoms with Gasteiger partial charge in [0.2, 0.25) is 5.91 Å². The summed E-state index contributed by atoms with van der Waals surface area (Å²) in [4.78, 5) is 36.5. The molecule has 1 spiro atoms. The lowest BCUT2D eigenvalue weighted by Crippen LogP contribution is -2.55. The van der Waals surface area contributed by atoms with Crippen LogP contribution >= 0.6 is 0 Å². The van der Waals surface area contributed by atoms with E-state index in [9.17, 15) is 14.4 Å². The first-order valence-electron chi connectivity index (χ1n) is 6.60. The first-order chi connectivity index (χ1) is 9.07. The Hall–Kier alpha value is -1.63. The zero-order chi connectivity index (χ0) is 13.9. The lowest BCUT2D eigenvalue weighted by atomic mass is 9.87. The number of amides is 4. The van der Waals surface area contributed by atoms with Crippen LogP contribution in [0.4, 0.5) is 4.79 Å². The van der Waals surface area contributed by atoms with E-state index in [4.69, 9.17) is 5.11 Å². The molecule has 0 aromatic carbocycles. The molecule has 0 aromatic heterocycles. The van der Waals surface area contributed by atoms with Gasteiger partial charge in [-0.15, -0.1) is 0 Å². The molecule has 19 heavy (non-hydrogen) atoms. The summed E-state index contributed by atoms with van der Waals surface area (Å²) in [6.45, 7) is 1.06. The molecule has 2 saturated heterocycles. The van der Waals surface area contributed by atoms with Crippen LogP contribution in [0.25, 0.3) is 0 Å². The van der Waals surface area contributed by atoms with Crippen molar-refractivity contribution < 1.29 is 19.5 Å². The van der Waals surface area contributed by atoms with Gasteiger partial charge < -0.3 is 15.3 Å². The average molecular weight is 269 g/mol. The number of nitrogens with one attached hydrogen (secondary N) is 2. The number of carbonyl (C=O) groups is 3. The Balaban J connectivity index is 1.84. The van der Waals surface area contributed by atoms with E-state index in [1.54, 1.807) is 4.90 Å². The average Bonchev–Trinajstić information content (AvgIpc) is 2.65. The van der Waals surface area contributed by atoms with Crippen LogP contribution in [0.2, 0.25) is 0 Å². The van der Waals surface area contributed by atoms with Gasteiger partial charge in [-0.05, 0) is 25.7 Å². The fraction of sp³-hybridized carbons (Fsp3) is 0.750. The van der Waals surface area contributed by atoms with Gasteiger partial charge in [0.05, 0.1) is 0 Å². The predicted octanol–water partition coefficient (Wildman–Crippen LogP) is -0.650. The van der Waals surface area contributed by atoms with Crippen molar-refractivity contribution in [2.24, 2.45) is 0 Å². The SMILES string of the molecule is O=C1NC(=O)C2(CCN(C(=O)CCCCO)CC2)N1. The van der Waals surface area contributed by atoms with E-state index >= 15 is 0 Å². The van der Waals surface area contributed by atoms with E-state index in [-0.39, 0.29) is 18.4 Å². The van der Waals surface area contributed by atoms with Gasteiger partial charge in [0.1, 0.15) is 5.54 Å². The zero-order valence-electron chi connectivity index (χ0n) is 10.8. The molecule has 4 amide bonds. The van der Waals surface area contributed by atoms with Crippen LogP contribution in [0, 0.1) is 0 Å². The van der Waals surface area contributed by atoms with E-state index in [0.29, 0.717) is 45.2 Å². The predicted molar refractivity (Wildman–Crippen MR) is 66.2 cm³/mol. The maximum Gasteiger partial charge on any atom is 0.322 e. The second-order valence-electron chi connectivity index (χ2n) is 5.05. The van der Waals surface area contributed by atoms with Crippen molar-refractivity contribution in [1.82, 2.24) is 15.5 Å². The second kappa shape index (κ2) is 5.56. The molecular weight excluding hydrogens is 250 g/mol. The maximum atomic E-state index is 11.9. The summed E-state index contributed by atoms with van der Waals surface area (Å²) < 4.78 is 0. The van der Waals surface area contributed by atoms with Crippen molar-refractivity contribution in [3.8, 4) is 0 Å². The molecule has 2 aliphatic rings. The highest BCUT2D eigenvalue weighted by molar-refractivity contribution is 6.07. The van der Waals surface area contributed by atoms with Gasteiger partial charge in [-0.3, -0.25) is 14.9 Å². The van der Waals surface area contributed by atoms with Gasteiger partial charge in [-0.2, -0.15) is 0 Å². The van der Waals surface area contributed by atoms with Gasteiger partial charge in [0.15, 0.2) is 0 Å². The molecular formula is C12H19N3O4. The minimum Gasteiger partial charge on any atom is -0.396 e. The summed E-state index contributed by atoms with van der Waals surface area (Å²) in [6, 6.07) is -0.451. The van der Waals surface area contributed by atoms with Crippen LogP contribution in [-0.2, 0) is 9.59 Å². The number of aliphatic hydroxyl groups is 1. The van der Waals surface area contributed by atoms with Crippen LogP contribution < -0.4 is 10.6 Å². The Labute approximate surface area is 111 Å². The molecule has 0 saturated carbocycles. The smallest absolute Gasteiger partial charge is 0.322 e. The Morgan fingerprint density at radius 1 is 1.26 bits per heavy atom. The highest BCUT2D eigenvalue weighted by Gasteiger charge is 2.48. The van der Waals surface area contributed by atoms with Crippen molar-refractivity contribution in [2.75, 3.05) is 19.7 Å². The molecule has 2 aliphatic heterocycles. The van der Waals surface area contributed by atoms with E-state index in [1.807, 2.05) is 0 Å². The van der Waals surface area contributed by atoms with Crippen LogP contribution in [-0.4, -0.2) is 53.1 Å². The standard InChI is InChI=1S/C12H19N3O4/c16-8-2-1-3-9(17)15-6-4-12(5-7-15)10(18)13-11(19)14-12/h16H,1-8H2,(H2,13,14,18,19). The Morgan fingerprint density at radius 3 is 2.47 bits per heavy atom. The van der Waals surface area contributed by atoms with E-state index in [2.05, 4.69) is 10.6 Å². The Morgan fingerprint density at radius 2 is 1.95 bits per heavy atom. The summed E-state index contributed by atoms with van der Waals surface area (Å²) in [5.41, 5.74) is -0.820. The fourth-order valence-corrected chi connectivity index (χ4v) is 2.56. The molecule has 0 bridgehead atoms. The summed E-state index contributed by atoms with van der Waals surface area (Å²) in [6.07, 6.45) is 2.63. The van der Waals surface area contributed by atoms with E-state index < -0.39 is 11.6 Å². The fourth-order valence-electron chi connectivity index (χ4n) is 2.56. The van der Waals surface area contributed by atoms with Crippen LogP contribution in [0.15, 0.2) is 0 Å². The molecule has 0 unspecified atom stereocenters. The highest BCUT2D eigenvalue weighted by atomic mass is 16.3. The number of carbonyl (C=O) groups excluding carboxylic acids is 3. The molecule has 2 heterocycles. The molecule has 0 aliphatic carbocycles. The lowest BCUT2D eigenvalue weighted by Gasteiger charge is -2.37. The molecule has 106 valence electrons. The normalized spacial score (nSPS) is 21.4. The van der Waals surface area contributed by atoms with Crippen molar-refractivity contribution in [3.05, 3.63) is 0 Å². The summed E-state index contributed by atoms with van der Waals surface area (Å²) in [7, 11) is 0. The third-order valence-electron chi connectivity index (χ3n) is 3.78. The third kappa shape index (κ3) is 2.86. The number of urea groups is 1.